The number of nitrogens with zero attached hydrogens (tertiary/aromatic N) is 4. The molecule has 2 saturated heterocycles. The van der Waals surface area contributed by atoms with E-state index in [0.717, 1.165) is 38.6 Å². The molecule has 2 aliphatic heterocycles. The molecule has 8 heteroatoms. The fourth-order valence-corrected chi connectivity index (χ4v) is 4.02. The molecule has 29 heavy (non-hydrogen) atoms. The Morgan fingerprint density at radius 2 is 1.83 bits per heavy atom. The van der Waals surface area contributed by atoms with Gasteiger partial charge in [0.05, 0.1) is 0 Å². The van der Waals surface area contributed by atoms with Crippen molar-refractivity contribution in [2.75, 3.05) is 57.3 Å². The van der Waals surface area contributed by atoms with Gasteiger partial charge in [0.1, 0.15) is 6.04 Å². The summed E-state index contributed by atoms with van der Waals surface area (Å²) in [5.74, 6) is 1.32. The lowest BCUT2D eigenvalue weighted by Gasteiger charge is -2.39. The molecule has 1 aromatic carbocycles. The summed E-state index contributed by atoms with van der Waals surface area (Å²) in [5.41, 5.74) is 1.25. The third-order valence-electron chi connectivity index (χ3n) is 5.88. The van der Waals surface area contributed by atoms with E-state index < -0.39 is 12.2 Å². The quantitative estimate of drug-likeness (QED) is 0.597. The van der Waals surface area contributed by atoms with Crippen LogP contribution in [0.25, 0.3) is 0 Å². The molecule has 0 aromatic heterocycles. The molecule has 0 spiro atoms. The standard InChI is InChI=1S/C21H32F3N5/c1-3-25-20(28-13-11-27(12-14-28)17(2)21(22,23)24)26-15-18-9-10-29(16-18)19-7-5-4-6-8-19/h4-8,17-18H,3,9-16H2,1-2H3,(H,25,26). The lowest BCUT2D eigenvalue weighted by atomic mass is 10.1. The number of halogens is 3. The average molecular weight is 412 g/mol. The van der Waals surface area contributed by atoms with E-state index in [9.17, 15) is 13.2 Å². The first-order chi connectivity index (χ1) is 13.9. The van der Waals surface area contributed by atoms with E-state index in [2.05, 4.69) is 39.4 Å². The second-order valence-electron chi connectivity index (χ2n) is 7.87. The highest BCUT2D eigenvalue weighted by molar-refractivity contribution is 5.80. The number of anilines is 1. The molecule has 2 atom stereocenters. The van der Waals surface area contributed by atoms with Crippen molar-refractivity contribution in [3.63, 3.8) is 0 Å². The Labute approximate surface area is 171 Å². The Bertz CT molecular complexity index is 656. The van der Waals surface area contributed by atoms with Crippen LogP contribution in [0.15, 0.2) is 35.3 Å². The smallest absolute Gasteiger partial charge is 0.371 e. The molecule has 5 nitrogen and oxygen atoms in total. The molecule has 162 valence electrons. The Morgan fingerprint density at radius 1 is 1.14 bits per heavy atom. The van der Waals surface area contributed by atoms with E-state index in [0.29, 0.717) is 32.1 Å². The molecule has 2 unspecified atom stereocenters. The van der Waals surface area contributed by atoms with Gasteiger partial charge in [-0.25, -0.2) is 0 Å². The largest absolute Gasteiger partial charge is 0.403 e. The van der Waals surface area contributed by atoms with Gasteiger partial charge < -0.3 is 15.1 Å². The van der Waals surface area contributed by atoms with E-state index >= 15 is 0 Å². The minimum atomic E-state index is -4.17. The summed E-state index contributed by atoms with van der Waals surface area (Å²) in [6.07, 6.45) is -3.07. The van der Waals surface area contributed by atoms with Crippen molar-refractivity contribution in [2.24, 2.45) is 10.9 Å². The van der Waals surface area contributed by atoms with Crippen LogP contribution in [0.5, 0.6) is 0 Å². The first kappa shape index (κ1) is 21.7. The van der Waals surface area contributed by atoms with Crippen LogP contribution < -0.4 is 10.2 Å². The van der Waals surface area contributed by atoms with Crippen LogP contribution in [0.3, 0.4) is 0 Å². The third kappa shape index (κ3) is 5.78. The van der Waals surface area contributed by atoms with E-state index in [-0.39, 0.29) is 0 Å². The zero-order valence-electron chi connectivity index (χ0n) is 17.3. The lowest BCUT2D eigenvalue weighted by molar-refractivity contribution is -0.181. The number of benzene rings is 1. The van der Waals surface area contributed by atoms with Crippen molar-refractivity contribution in [1.29, 1.82) is 0 Å². The minimum absolute atomic E-state index is 0.399. The van der Waals surface area contributed by atoms with E-state index in [4.69, 9.17) is 4.99 Å². The Balaban J connectivity index is 1.53. The van der Waals surface area contributed by atoms with Crippen LogP contribution in [-0.2, 0) is 0 Å². The molecular formula is C21H32F3N5. The van der Waals surface area contributed by atoms with Crippen molar-refractivity contribution in [2.45, 2.75) is 32.5 Å². The number of hydrogen-bond acceptors (Lipinski definition) is 3. The van der Waals surface area contributed by atoms with Crippen molar-refractivity contribution in [3.8, 4) is 0 Å². The van der Waals surface area contributed by atoms with E-state index in [1.54, 1.807) is 0 Å². The van der Waals surface area contributed by atoms with Gasteiger partial charge in [-0.1, -0.05) is 18.2 Å². The number of piperazine rings is 1. The van der Waals surface area contributed by atoms with Gasteiger partial charge >= 0.3 is 6.18 Å². The Kier molecular flexibility index (Phi) is 7.27. The predicted octanol–water partition coefficient (Wildman–Crippen LogP) is 3.05. The number of guanidine groups is 1. The molecule has 0 saturated carbocycles. The predicted molar refractivity (Wildman–Crippen MR) is 111 cm³/mol. The molecule has 1 aromatic rings. The fourth-order valence-electron chi connectivity index (χ4n) is 4.02. The van der Waals surface area contributed by atoms with Crippen LogP contribution in [0.2, 0.25) is 0 Å². The van der Waals surface area contributed by atoms with Crippen LogP contribution in [-0.4, -0.2) is 80.3 Å². The second kappa shape index (κ2) is 9.69. The highest BCUT2D eigenvalue weighted by Gasteiger charge is 2.41. The molecule has 2 fully saturated rings. The zero-order chi connectivity index (χ0) is 20.9. The van der Waals surface area contributed by atoms with Crippen molar-refractivity contribution >= 4 is 11.6 Å². The lowest BCUT2D eigenvalue weighted by Crippen LogP contribution is -2.56. The highest BCUT2D eigenvalue weighted by atomic mass is 19.4. The molecular weight excluding hydrogens is 379 g/mol. The first-order valence-corrected chi connectivity index (χ1v) is 10.5. The SMILES string of the molecule is CCNC(=NCC1CCN(c2ccccc2)C1)N1CCN(C(C)C(F)(F)F)CC1. The molecule has 1 N–H and O–H groups in total. The maximum atomic E-state index is 13.0. The molecule has 0 aliphatic carbocycles. The number of hydrogen-bond donors (Lipinski definition) is 1. The summed E-state index contributed by atoms with van der Waals surface area (Å²) in [6, 6.07) is 9.02. The van der Waals surface area contributed by atoms with Gasteiger partial charge in [-0.05, 0) is 38.3 Å². The Morgan fingerprint density at radius 3 is 2.45 bits per heavy atom. The number of para-hydroxylation sites is 1. The van der Waals surface area contributed by atoms with Gasteiger partial charge in [-0.15, -0.1) is 0 Å². The summed E-state index contributed by atoms with van der Waals surface area (Å²) >= 11 is 0. The normalized spacial score (nSPS) is 22.8. The molecule has 2 heterocycles. The topological polar surface area (TPSA) is 34.1 Å². The number of nitrogens with one attached hydrogen (secondary N) is 1. The maximum absolute atomic E-state index is 13.0. The maximum Gasteiger partial charge on any atom is 0.403 e. The van der Waals surface area contributed by atoms with Gasteiger partial charge in [0.25, 0.3) is 0 Å². The Hall–Kier alpha value is -1.96. The van der Waals surface area contributed by atoms with Gasteiger partial charge in [0, 0.05) is 58.0 Å². The fraction of sp³-hybridized carbons (Fsp3) is 0.667. The second-order valence-corrected chi connectivity index (χ2v) is 7.87. The van der Waals surface area contributed by atoms with Crippen molar-refractivity contribution in [1.82, 2.24) is 15.1 Å². The van der Waals surface area contributed by atoms with Crippen LogP contribution in [0, 0.1) is 5.92 Å². The molecule has 3 rings (SSSR count). The summed E-state index contributed by atoms with van der Waals surface area (Å²) in [6.45, 7) is 8.70. The third-order valence-corrected chi connectivity index (χ3v) is 5.88. The minimum Gasteiger partial charge on any atom is -0.371 e. The molecule has 0 radical (unpaired) electrons. The molecule has 0 bridgehead atoms. The van der Waals surface area contributed by atoms with Crippen LogP contribution in [0.1, 0.15) is 20.3 Å². The zero-order valence-corrected chi connectivity index (χ0v) is 17.3. The van der Waals surface area contributed by atoms with Gasteiger partial charge in [-0.3, -0.25) is 9.89 Å². The van der Waals surface area contributed by atoms with E-state index in [1.165, 1.54) is 17.5 Å². The monoisotopic (exact) mass is 411 g/mol. The summed E-state index contributed by atoms with van der Waals surface area (Å²) < 4.78 is 38.9. The summed E-state index contributed by atoms with van der Waals surface area (Å²) in [4.78, 5) is 10.8. The number of aliphatic imine (C=N–C) groups is 1. The van der Waals surface area contributed by atoms with Gasteiger partial charge in [0.2, 0.25) is 0 Å². The van der Waals surface area contributed by atoms with Crippen LogP contribution in [0.4, 0.5) is 18.9 Å². The molecule has 2 aliphatic rings. The average Bonchev–Trinajstić information content (AvgIpc) is 3.20. The van der Waals surface area contributed by atoms with Crippen molar-refractivity contribution in [3.05, 3.63) is 30.3 Å². The number of alkyl halides is 3. The summed E-state index contributed by atoms with van der Waals surface area (Å²) in [5, 5.41) is 3.32. The number of rotatable bonds is 5. The van der Waals surface area contributed by atoms with Crippen LogP contribution >= 0.6 is 0 Å². The highest BCUT2D eigenvalue weighted by Crippen LogP contribution is 2.26. The van der Waals surface area contributed by atoms with Gasteiger partial charge in [0.15, 0.2) is 5.96 Å². The van der Waals surface area contributed by atoms with E-state index in [1.807, 2.05) is 13.0 Å². The first-order valence-electron chi connectivity index (χ1n) is 10.5. The van der Waals surface area contributed by atoms with Crippen molar-refractivity contribution < 1.29 is 13.2 Å². The summed E-state index contributed by atoms with van der Waals surface area (Å²) in [7, 11) is 0. The van der Waals surface area contributed by atoms with Gasteiger partial charge in [-0.2, -0.15) is 13.2 Å². The molecule has 0 amide bonds.